The van der Waals surface area contributed by atoms with Crippen LogP contribution in [0.1, 0.15) is 31.7 Å². The van der Waals surface area contributed by atoms with E-state index in [-0.39, 0.29) is 12.3 Å². The lowest BCUT2D eigenvalue weighted by atomic mass is 10.0. The van der Waals surface area contributed by atoms with E-state index >= 15 is 0 Å². The fourth-order valence-electron chi connectivity index (χ4n) is 2.62. The second-order valence-electron chi connectivity index (χ2n) is 6.45. The Labute approximate surface area is 165 Å². The quantitative estimate of drug-likeness (QED) is 0.285. The van der Waals surface area contributed by atoms with Crippen molar-refractivity contribution in [1.29, 1.82) is 0 Å². The highest BCUT2D eigenvalue weighted by atomic mass is 16.5. The molecule has 0 unspecified atom stereocenters. The molecule has 1 aromatic rings. The Bertz CT molecular complexity index is 661. The summed E-state index contributed by atoms with van der Waals surface area (Å²) in [7, 11) is 0. The summed E-state index contributed by atoms with van der Waals surface area (Å²) in [6.45, 7) is 5.82. The molecule has 0 aromatic heterocycles. The highest BCUT2D eigenvalue weighted by Crippen LogP contribution is 2.14. The number of benzene rings is 1. The van der Waals surface area contributed by atoms with Gasteiger partial charge in [-0.1, -0.05) is 24.8 Å². The van der Waals surface area contributed by atoms with E-state index in [1.807, 2.05) is 12.1 Å². The number of carbonyl (C=O) groups excluding carboxylic acids is 3. The van der Waals surface area contributed by atoms with Crippen molar-refractivity contribution in [2.24, 2.45) is 11.5 Å². The molecule has 0 spiro atoms. The lowest BCUT2D eigenvalue weighted by Crippen LogP contribution is -2.53. The van der Waals surface area contributed by atoms with Gasteiger partial charge in [-0.05, 0) is 43.5 Å². The standard InChI is InChI=1S/C20H30N4O4/c1-3-12-28-16-9-7-15(8-10-16)13-18(23-14(2)25)20(27)24-17(19(22)26)6-4-5-11-21/h3,7-10,17-18H,1,4-6,11-13,21H2,2H3,(H2,22,26)(H,23,25)(H,24,27)/t17-,18+/m1/s1. The summed E-state index contributed by atoms with van der Waals surface area (Å²) in [6.07, 6.45) is 3.71. The molecule has 3 amide bonds. The molecule has 1 rings (SSSR count). The first-order valence-corrected chi connectivity index (χ1v) is 9.26. The number of ether oxygens (including phenoxy) is 1. The summed E-state index contributed by atoms with van der Waals surface area (Å²) in [4.78, 5) is 35.8. The minimum atomic E-state index is -0.825. The molecule has 2 atom stereocenters. The molecule has 8 nitrogen and oxygen atoms in total. The van der Waals surface area contributed by atoms with Crippen LogP contribution in [0.25, 0.3) is 0 Å². The lowest BCUT2D eigenvalue weighted by molar-refractivity contribution is -0.130. The number of hydrogen-bond donors (Lipinski definition) is 4. The number of rotatable bonds is 13. The van der Waals surface area contributed by atoms with E-state index in [4.69, 9.17) is 16.2 Å². The van der Waals surface area contributed by atoms with Gasteiger partial charge in [-0.15, -0.1) is 0 Å². The highest BCUT2D eigenvalue weighted by molar-refractivity contribution is 5.91. The van der Waals surface area contributed by atoms with E-state index in [1.165, 1.54) is 6.92 Å². The van der Waals surface area contributed by atoms with Gasteiger partial charge in [0.25, 0.3) is 0 Å². The van der Waals surface area contributed by atoms with Crippen molar-refractivity contribution in [3.05, 3.63) is 42.5 Å². The van der Waals surface area contributed by atoms with E-state index in [0.29, 0.717) is 31.7 Å². The fourth-order valence-corrected chi connectivity index (χ4v) is 2.62. The SMILES string of the molecule is C=CCOc1ccc(C[C@H](NC(C)=O)C(=O)N[C@H](CCCCN)C(N)=O)cc1. The molecular weight excluding hydrogens is 360 g/mol. The first-order chi connectivity index (χ1) is 13.4. The average Bonchev–Trinajstić information content (AvgIpc) is 2.65. The Morgan fingerprint density at radius 2 is 1.82 bits per heavy atom. The van der Waals surface area contributed by atoms with Crippen molar-refractivity contribution in [3.63, 3.8) is 0 Å². The molecule has 0 aliphatic rings. The monoisotopic (exact) mass is 390 g/mol. The van der Waals surface area contributed by atoms with Crippen LogP contribution in [0.3, 0.4) is 0 Å². The fraction of sp³-hybridized carbons (Fsp3) is 0.450. The molecule has 154 valence electrons. The zero-order chi connectivity index (χ0) is 20.9. The van der Waals surface area contributed by atoms with Gasteiger partial charge >= 0.3 is 0 Å². The van der Waals surface area contributed by atoms with Gasteiger partial charge in [0.15, 0.2) is 0 Å². The first kappa shape index (κ1) is 23.2. The summed E-state index contributed by atoms with van der Waals surface area (Å²) in [6, 6.07) is 5.56. The number of primary amides is 1. The van der Waals surface area contributed by atoms with Crippen molar-refractivity contribution in [1.82, 2.24) is 10.6 Å². The maximum absolute atomic E-state index is 12.6. The van der Waals surface area contributed by atoms with Gasteiger partial charge < -0.3 is 26.8 Å². The van der Waals surface area contributed by atoms with Crippen molar-refractivity contribution in [2.45, 2.75) is 44.7 Å². The van der Waals surface area contributed by atoms with Gasteiger partial charge in [0.2, 0.25) is 17.7 Å². The number of carbonyl (C=O) groups is 3. The molecule has 0 aliphatic carbocycles. The van der Waals surface area contributed by atoms with Crippen LogP contribution >= 0.6 is 0 Å². The largest absolute Gasteiger partial charge is 0.490 e. The van der Waals surface area contributed by atoms with Crippen molar-refractivity contribution in [2.75, 3.05) is 13.2 Å². The number of amides is 3. The van der Waals surface area contributed by atoms with E-state index in [1.54, 1.807) is 18.2 Å². The zero-order valence-corrected chi connectivity index (χ0v) is 16.3. The molecule has 0 bridgehead atoms. The molecule has 0 heterocycles. The predicted molar refractivity (Wildman–Crippen MR) is 107 cm³/mol. The van der Waals surface area contributed by atoms with Crippen molar-refractivity contribution in [3.8, 4) is 5.75 Å². The Kier molecular flexibility index (Phi) is 10.3. The van der Waals surface area contributed by atoms with Gasteiger partial charge in [0.1, 0.15) is 24.4 Å². The molecule has 0 saturated heterocycles. The van der Waals surface area contributed by atoms with Crippen molar-refractivity contribution >= 4 is 17.7 Å². The summed E-state index contributed by atoms with van der Waals surface area (Å²) >= 11 is 0. The molecular formula is C20H30N4O4. The molecule has 8 heteroatoms. The number of nitrogens with one attached hydrogen (secondary N) is 2. The molecule has 0 radical (unpaired) electrons. The topological polar surface area (TPSA) is 137 Å². The Hall–Kier alpha value is -2.87. The van der Waals surface area contributed by atoms with Crippen molar-refractivity contribution < 1.29 is 19.1 Å². The number of hydrogen-bond acceptors (Lipinski definition) is 5. The molecule has 1 aromatic carbocycles. The first-order valence-electron chi connectivity index (χ1n) is 9.26. The molecule has 6 N–H and O–H groups in total. The smallest absolute Gasteiger partial charge is 0.243 e. The van der Waals surface area contributed by atoms with E-state index in [2.05, 4.69) is 17.2 Å². The van der Waals surface area contributed by atoms with Gasteiger partial charge in [-0.2, -0.15) is 0 Å². The van der Waals surface area contributed by atoms with Crippen LogP contribution in [-0.2, 0) is 20.8 Å². The third-order valence-corrected chi connectivity index (χ3v) is 4.03. The van der Waals surface area contributed by atoms with Crippen LogP contribution in [0.15, 0.2) is 36.9 Å². The van der Waals surface area contributed by atoms with Crippen LogP contribution < -0.4 is 26.8 Å². The third-order valence-electron chi connectivity index (χ3n) is 4.03. The third kappa shape index (κ3) is 8.68. The average molecular weight is 390 g/mol. The van der Waals surface area contributed by atoms with Crippen LogP contribution in [0.5, 0.6) is 5.75 Å². The Morgan fingerprint density at radius 1 is 1.14 bits per heavy atom. The molecule has 0 saturated carbocycles. The lowest BCUT2D eigenvalue weighted by Gasteiger charge is -2.21. The van der Waals surface area contributed by atoms with Gasteiger partial charge in [-0.25, -0.2) is 0 Å². The molecule has 0 fully saturated rings. The maximum atomic E-state index is 12.6. The normalized spacial score (nSPS) is 12.5. The van der Waals surface area contributed by atoms with Gasteiger partial charge in [0.05, 0.1) is 0 Å². The Morgan fingerprint density at radius 3 is 2.36 bits per heavy atom. The van der Waals surface area contributed by atoms with Gasteiger partial charge in [0, 0.05) is 13.3 Å². The van der Waals surface area contributed by atoms with Crippen LogP contribution in [0.2, 0.25) is 0 Å². The number of unbranched alkanes of at least 4 members (excludes halogenated alkanes) is 1. The summed E-state index contributed by atoms with van der Waals surface area (Å²) in [5.74, 6) is -0.739. The van der Waals surface area contributed by atoms with Gasteiger partial charge in [-0.3, -0.25) is 14.4 Å². The highest BCUT2D eigenvalue weighted by Gasteiger charge is 2.25. The van der Waals surface area contributed by atoms with E-state index < -0.39 is 23.9 Å². The number of nitrogens with two attached hydrogens (primary N) is 2. The van der Waals surface area contributed by atoms with Crippen LogP contribution in [-0.4, -0.2) is 43.0 Å². The van der Waals surface area contributed by atoms with Crippen LogP contribution in [0.4, 0.5) is 0 Å². The maximum Gasteiger partial charge on any atom is 0.243 e. The van der Waals surface area contributed by atoms with Crippen LogP contribution in [0, 0.1) is 0 Å². The zero-order valence-electron chi connectivity index (χ0n) is 16.3. The van der Waals surface area contributed by atoms with E-state index in [0.717, 1.165) is 12.0 Å². The Balaban J connectivity index is 2.79. The minimum Gasteiger partial charge on any atom is -0.490 e. The second-order valence-corrected chi connectivity index (χ2v) is 6.45. The van der Waals surface area contributed by atoms with E-state index in [9.17, 15) is 14.4 Å². The minimum absolute atomic E-state index is 0.265. The summed E-state index contributed by atoms with van der Waals surface area (Å²) in [5.41, 5.74) is 11.7. The predicted octanol–water partition coefficient (Wildman–Crippen LogP) is 0.398. The summed E-state index contributed by atoms with van der Waals surface area (Å²) in [5, 5.41) is 5.26. The summed E-state index contributed by atoms with van der Waals surface area (Å²) < 4.78 is 5.43. The second kappa shape index (κ2) is 12.5. The molecule has 0 aliphatic heterocycles. The molecule has 28 heavy (non-hydrogen) atoms.